The summed E-state index contributed by atoms with van der Waals surface area (Å²) in [5.74, 6) is -0.389. The summed E-state index contributed by atoms with van der Waals surface area (Å²) in [5, 5.41) is 7.84. The number of carbonyl (C=O) groups is 2. The molecule has 0 bridgehead atoms. The molecule has 0 spiro atoms. The summed E-state index contributed by atoms with van der Waals surface area (Å²) in [5.41, 5.74) is 2.15. The Morgan fingerprint density at radius 1 is 1.14 bits per heavy atom. The quantitative estimate of drug-likeness (QED) is 0.725. The summed E-state index contributed by atoms with van der Waals surface area (Å²) in [6.07, 6.45) is 3.11. The van der Waals surface area contributed by atoms with E-state index < -0.39 is 10.0 Å². The number of carbonyl (C=O) groups excluding carboxylic acids is 2. The fourth-order valence-electron chi connectivity index (χ4n) is 2.53. The van der Waals surface area contributed by atoms with Gasteiger partial charge in [0.2, 0.25) is 21.8 Å². The minimum atomic E-state index is -3.81. The molecule has 0 heterocycles. The Hall–Kier alpha value is -2.97. The summed E-state index contributed by atoms with van der Waals surface area (Å²) in [7, 11) is -2.17. The Labute approximate surface area is 164 Å². The van der Waals surface area contributed by atoms with Crippen LogP contribution in [-0.2, 0) is 19.6 Å². The number of nitrogens with one attached hydrogen (secondary N) is 1. The molecule has 0 saturated carbocycles. The second-order valence-electron chi connectivity index (χ2n) is 6.38. The van der Waals surface area contributed by atoms with Crippen LogP contribution in [0.4, 0.5) is 5.69 Å². The normalized spacial score (nSPS) is 12.6. The van der Waals surface area contributed by atoms with Gasteiger partial charge < -0.3 is 10.2 Å². The third-order valence-electron chi connectivity index (χ3n) is 4.25. The molecule has 2 aromatic rings. The van der Waals surface area contributed by atoms with Crippen LogP contribution in [-0.4, -0.2) is 32.2 Å². The summed E-state index contributed by atoms with van der Waals surface area (Å²) >= 11 is 0. The first-order valence-corrected chi connectivity index (χ1v) is 10.1. The van der Waals surface area contributed by atoms with Crippen molar-refractivity contribution in [3.63, 3.8) is 0 Å². The number of hydrogen-bond donors (Lipinski definition) is 2. The number of nitrogens with two attached hydrogens (primary N) is 1. The zero-order chi connectivity index (χ0) is 20.9. The number of sulfonamides is 1. The molecule has 3 N–H and O–H groups in total. The van der Waals surface area contributed by atoms with Crippen molar-refractivity contribution < 1.29 is 18.0 Å². The molecule has 2 rings (SSSR count). The fraction of sp³-hybridized carbons (Fsp3) is 0.200. The van der Waals surface area contributed by atoms with Gasteiger partial charge in [0, 0.05) is 25.7 Å². The second kappa shape index (κ2) is 8.81. The van der Waals surface area contributed by atoms with Gasteiger partial charge in [-0.15, -0.1) is 0 Å². The van der Waals surface area contributed by atoms with Gasteiger partial charge in [-0.2, -0.15) is 0 Å². The standard InChI is InChI=1S/C20H23N3O4S/c1-14(17-5-4-6-19(13-17)28(21,26)27)23(3)20(25)12-9-16-7-10-18(11-8-16)22-15(2)24/h4-14H,1-3H3,(H,22,24)(H2,21,26,27)/b12-9+. The van der Waals surface area contributed by atoms with Gasteiger partial charge in [0.05, 0.1) is 10.9 Å². The first kappa shape index (κ1) is 21.3. The van der Waals surface area contributed by atoms with Crippen LogP contribution >= 0.6 is 0 Å². The first-order chi connectivity index (χ1) is 13.1. The maximum atomic E-state index is 12.5. The van der Waals surface area contributed by atoms with Crippen LogP contribution in [0.2, 0.25) is 0 Å². The molecule has 7 nitrogen and oxygen atoms in total. The molecular formula is C20H23N3O4S. The first-order valence-electron chi connectivity index (χ1n) is 8.53. The number of nitrogens with zero attached hydrogens (tertiary/aromatic N) is 1. The minimum absolute atomic E-state index is 0.00695. The molecule has 8 heteroatoms. The van der Waals surface area contributed by atoms with Crippen molar-refractivity contribution >= 4 is 33.6 Å². The minimum Gasteiger partial charge on any atom is -0.335 e. The molecule has 0 aliphatic carbocycles. The van der Waals surface area contributed by atoms with E-state index in [9.17, 15) is 18.0 Å². The van der Waals surface area contributed by atoms with Crippen LogP contribution in [0.3, 0.4) is 0 Å². The van der Waals surface area contributed by atoms with Gasteiger partial charge in [-0.05, 0) is 48.4 Å². The van der Waals surface area contributed by atoms with Gasteiger partial charge in [0.25, 0.3) is 0 Å². The maximum Gasteiger partial charge on any atom is 0.246 e. The molecule has 1 atom stereocenters. The Bertz CT molecular complexity index is 998. The van der Waals surface area contributed by atoms with E-state index in [-0.39, 0.29) is 22.8 Å². The van der Waals surface area contributed by atoms with Crippen LogP contribution < -0.4 is 10.5 Å². The molecule has 0 aromatic heterocycles. The number of rotatable bonds is 6. The summed E-state index contributed by atoms with van der Waals surface area (Å²) in [6, 6.07) is 12.9. The third kappa shape index (κ3) is 5.77. The van der Waals surface area contributed by atoms with E-state index in [4.69, 9.17) is 5.14 Å². The number of anilines is 1. The smallest absolute Gasteiger partial charge is 0.246 e. The Morgan fingerprint density at radius 3 is 2.36 bits per heavy atom. The highest BCUT2D eigenvalue weighted by molar-refractivity contribution is 7.89. The monoisotopic (exact) mass is 401 g/mol. The highest BCUT2D eigenvalue weighted by atomic mass is 32.2. The molecule has 1 unspecified atom stereocenters. The van der Waals surface area contributed by atoms with Gasteiger partial charge in [-0.3, -0.25) is 9.59 Å². The fourth-order valence-corrected chi connectivity index (χ4v) is 3.10. The maximum absolute atomic E-state index is 12.5. The molecule has 2 amide bonds. The molecular weight excluding hydrogens is 378 g/mol. The highest BCUT2D eigenvalue weighted by Crippen LogP contribution is 2.22. The highest BCUT2D eigenvalue weighted by Gasteiger charge is 2.17. The van der Waals surface area contributed by atoms with E-state index in [1.807, 2.05) is 0 Å². The van der Waals surface area contributed by atoms with Gasteiger partial charge in [-0.1, -0.05) is 24.3 Å². The van der Waals surface area contributed by atoms with Crippen molar-refractivity contribution in [2.45, 2.75) is 24.8 Å². The third-order valence-corrected chi connectivity index (χ3v) is 5.16. The van der Waals surface area contributed by atoms with Crippen molar-refractivity contribution in [1.29, 1.82) is 0 Å². The molecule has 28 heavy (non-hydrogen) atoms. The van der Waals surface area contributed by atoms with Crippen LogP contribution in [0.25, 0.3) is 6.08 Å². The van der Waals surface area contributed by atoms with E-state index in [1.165, 1.54) is 30.0 Å². The predicted octanol–water partition coefficient (Wildman–Crippen LogP) is 2.53. The van der Waals surface area contributed by atoms with Crippen molar-refractivity contribution in [3.05, 3.63) is 65.7 Å². The number of hydrogen-bond acceptors (Lipinski definition) is 4. The zero-order valence-corrected chi connectivity index (χ0v) is 16.7. The van der Waals surface area contributed by atoms with Gasteiger partial charge in [-0.25, -0.2) is 13.6 Å². The van der Waals surface area contributed by atoms with E-state index in [0.29, 0.717) is 11.3 Å². The SMILES string of the molecule is CC(=O)Nc1ccc(/C=C/C(=O)N(C)C(C)c2cccc(S(N)(=O)=O)c2)cc1. The van der Waals surface area contributed by atoms with Crippen molar-refractivity contribution in [3.8, 4) is 0 Å². The van der Waals surface area contributed by atoms with Crippen LogP contribution in [0, 0.1) is 0 Å². The summed E-state index contributed by atoms with van der Waals surface area (Å²) < 4.78 is 23.0. The van der Waals surface area contributed by atoms with Crippen molar-refractivity contribution in [2.24, 2.45) is 5.14 Å². The molecule has 0 aliphatic heterocycles. The lowest BCUT2D eigenvalue weighted by Gasteiger charge is -2.24. The largest absolute Gasteiger partial charge is 0.335 e. The molecule has 0 saturated heterocycles. The lowest BCUT2D eigenvalue weighted by molar-refractivity contribution is -0.126. The zero-order valence-electron chi connectivity index (χ0n) is 15.9. The van der Waals surface area contributed by atoms with E-state index >= 15 is 0 Å². The second-order valence-corrected chi connectivity index (χ2v) is 7.94. The molecule has 0 aliphatic rings. The van der Waals surface area contributed by atoms with Gasteiger partial charge >= 0.3 is 0 Å². The van der Waals surface area contributed by atoms with Gasteiger partial charge in [0.1, 0.15) is 0 Å². The molecule has 0 fully saturated rings. The lowest BCUT2D eigenvalue weighted by atomic mass is 10.1. The average molecular weight is 401 g/mol. The van der Waals surface area contributed by atoms with Crippen molar-refractivity contribution in [1.82, 2.24) is 4.90 Å². The number of amides is 2. The van der Waals surface area contributed by atoms with E-state index in [0.717, 1.165) is 5.56 Å². The Morgan fingerprint density at radius 2 is 1.79 bits per heavy atom. The average Bonchev–Trinajstić information content (AvgIpc) is 2.65. The lowest BCUT2D eigenvalue weighted by Crippen LogP contribution is -2.28. The topological polar surface area (TPSA) is 110 Å². The number of benzene rings is 2. The van der Waals surface area contributed by atoms with Gasteiger partial charge in [0.15, 0.2) is 0 Å². The van der Waals surface area contributed by atoms with E-state index in [2.05, 4.69) is 5.32 Å². The Balaban J connectivity index is 2.09. The summed E-state index contributed by atoms with van der Waals surface area (Å²) in [6.45, 7) is 3.23. The van der Waals surface area contributed by atoms with Crippen molar-refractivity contribution in [2.75, 3.05) is 12.4 Å². The molecule has 148 valence electrons. The van der Waals surface area contributed by atoms with E-state index in [1.54, 1.807) is 56.4 Å². The summed E-state index contributed by atoms with van der Waals surface area (Å²) in [4.78, 5) is 25.0. The molecule has 0 radical (unpaired) electrons. The molecule has 2 aromatic carbocycles. The van der Waals surface area contributed by atoms with Crippen LogP contribution in [0.1, 0.15) is 31.0 Å². The van der Waals surface area contributed by atoms with Crippen LogP contribution in [0.15, 0.2) is 59.5 Å². The Kier molecular flexibility index (Phi) is 6.71. The predicted molar refractivity (Wildman–Crippen MR) is 109 cm³/mol. The van der Waals surface area contributed by atoms with Crippen LogP contribution in [0.5, 0.6) is 0 Å². The number of primary sulfonamides is 1. The number of likely N-dealkylation sites (N-methyl/N-ethyl adjacent to an activating group) is 1.